The molecule has 2 unspecified atom stereocenters. The number of hydrogen-bond acceptors (Lipinski definition) is 5. The quantitative estimate of drug-likeness (QED) is 0.680. The van der Waals surface area contributed by atoms with Gasteiger partial charge in [-0.1, -0.05) is 6.92 Å². The summed E-state index contributed by atoms with van der Waals surface area (Å²) in [5.41, 5.74) is 2.18. The molecule has 6 nitrogen and oxygen atoms in total. The predicted molar refractivity (Wildman–Crippen MR) is 80.0 cm³/mol. The van der Waals surface area contributed by atoms with Gasteiger partial charge in [-0.3, -0.25) is 20.0 Å². The minimum atomic E-state index is -0.329. The molecule has 1 fully saturated rings. The standard InChI is InChI=1S/C15H23N3O3/c1-4-12-8-17(6-5-14(12)19)9-13-11(3)15(18(20)21)10(2)7-16-13/h7,12,14,19H,4-6,8-9H2,1-3H3. The number of aryl methyl sites for hydroxylation is 1. The Morgan fingerprint density at radius 2 is 2.24 bits per heavy atom. The van der Waals surface area contributed by atoms with Crippen LogP contribution in [0.3, 0.4) is 0 Å². The maximum atomic E-state index is 11.2. The predicted octanol–water partition coefficient (Wildman–Crippen LogP) is 2.20. The van der Waals surface area contributed by atoms with Crippen molar-refractivity contribution in [3.8, 4) is 0 Å². The Morgan fingerprint density at radius 1 is 1.52 bits per heavy atom. The molecule has 0 aromatic carbocycles. The van der Waals surface area contributed by atoms with Gasteiger partial charge in [0.2, 0.25) is 0 Å². The number of rotatable bonds is 4. The van der Waals surface area contributed by atoms with Crippen molar-refractivity contribution in [2.75, 3.05) is 13.1 Å². The lowest BCUT2D eigenvalue weighted by molar-refractivity contribution is -0.386. The van der Waals surface area contributed by atoms with E-state index in [9.17, 15) is 15.2 Å². The van der Waals surface area contributed by atoms with E-state index in [0.29, 0.717) is 17.7 Å². The Kier molecular flexibility index (Phi) is 4.90. The van der Waals surface area contributed by atoms with Crippen LogP contribution in [0.5, 0.6) is 0 Å². The number of aliphatic hydroxyl groups excluding tert-OH is 1. The SMILES string of the molecule is CCC1CN(Cc2ncc(C)c([N+](=O)[O-])c2C)CCC1O. The first-order valence-electron chi connectivity index (χ1n) is 7.43. The zero-order valence-electron chi connectivity index (χ0n) is 12.9. The normalized spacial score (nSPS) is 23.2. The number of nitrogens with zero attached hydrogens (tertiary/aromatic N) is 3. The van der Waals surface area contributed by atoms with Gasteiger partial charge in [0.15, 0.2) is 0 Å². The van der Waals surface area contributed by atoms with Crippen LogP contribution in [-0.2, 0) is 6.54 Å². The van der Waals surface area contributed by atoms with Crippen LogP contribution in [0, 0.1) is 29.9 Å². The molecular formula is C15H23N3O3. The summed E-state index contributed by atoms with van der Waals surface area (Å²) in [6.45, 7) is 7.80. The smallest absolute Gasteiger partial charge is 0.278 e. The highest BCUT2D eigenvalue weighted by atomic mass is 16.6. The minimum Gasteiger partial charge on any atom is -0.393 e. The third kappa shape index (κ3) is 3.39. The van der Waals surface area contributed by atoms with E-state index in [1.54, 1.807) is 20.0 Å². The van der Waals surface area contributed by atoms with Gasteiger partial charge in [0.05, 0.1) is 16.7 Å². The van der Waals surface area contributed by atoms with Crippen molar-refractivity contribution in [2.45, 2.75) is 46.3 Å². The Balaban J connectivity index is 2.17. The van der Waals surface area contributed by atoms with Crippen LogP contribution in [0.1, 0.15) is 36.6 Å². The summed E-state index contributed by atoms with van der Waals surface area (Å²) in [6, 6.07) is 0. The fourth-order valence-corrected chi connectivity index (χ4v) is 3.06. The molecule has 0 spiro atoms. The lowest BCUT2D eigenvalue weighted by atomic mass is 9.92. The maximum Gasteiger partial charge on any atom is 0.278 e. The van der Waals surface area contributed by atoms with E-state index in [1.807, 2.05) is 0 Å². The molecule has 1 aromatic heterocycles. The third-order valence-corrected chi connectivity index (χ3v) is 4.43. The van der Waals surface area contributed by atoms with E-state index < -0.39 is 0 Å². The summed E-state index contributed by atoms with van der Waals surface area (Å²) in [5.74, 6) is 0.277. The van der Waals surface area contributed by atoms with Crippen LogP contribution in [0.25, 0.3) is 0 Å². The highest BCUT2D eigenvalue weighted by Crippen LogP contribution is 2.26. The van der Waals surface area contributed by atoms with Crippen molar-refractivity contribution in [3.63, 3.8) is 0 Å². The van der Waals surface area contributed by atoms with Gasteiger partial charge in [-0.05, 0) is 32.6 Å². The second-order valence-electron chi connectivity index (χ2n) is 5.88. The average molecular weight is 293 g/mol. The van der Waals surface area contributed by atoms with E-state index in [2.05, 4.69) is 16.8 Å². The highest BCUT2D eigenvalue weighted by molar-refractivity contribution is 5.47. The summed E-state index contributed by atoms with van der Waals surface area (Å²) in [6.07, 6.45) is 3.05. The van der Waals surface area contributed by atoms with Gasteiger partial charge in [-0.15, -0.1) is 0 Å². The lowest BCUT2D eigenvalue weighted by Crippen LogP contribution is -2.42. The summed E-state index contributed by atoms with van der Waals surface area (Å²) in [4.78, 5) is 17.4. The molecule has 1 aromatic rings. The van der Waals surface area contributed by atoms with Gasteiger partial charge >= 0.3 is 0 Å². The molecule has 6 heteroatoms. The number of pyridine rings is 1. The second-order valence-corrected chi connectivity index (χ2v) is 5.88. The molecule has 2 heterocycles. The van der Waals surface area contributed by atoms with Crippen molar-refractivity contribution in [2.24, 2.45) is 5.92 Å². The monoisotopic (exact) mass is 293 g/mol. The summed E-state index contributed by atoms with van der Waals surface area (Å²) < 4.78 is 0. The molecule has 0 amide bonds. The van der Waals surface area contributed by atoms with Gasteiger partial charge < -0.3 is 5.11 Å². The molecular weight excluding hydrogens is 270 g/mol. The molecule has 1 aliphatic heterocycles. The van der Waals surface area contributed by atoms with E-state index in [4.69, 9.17) is 0 Å². The molecule has 0 saturated carbocycles. The molecule has 21 heavy (non-hydrogen) atoms. The zero-order valence-corrected chi connectivity index (χ0v) is 12.9. The van der Waals surface area contributed by atoms with Gasteiger partial charge in [-0.25, -0.2) is 0 Å². The number of aromatic nitrogens is 1. The van der Waals surface area contributed by atoms with Crippen molar-refractivity contribution in [3.05, 3.63) is 33.1 Å². The Hall–Kier alpha value is -1.53. The molecule has 1 aliphatic rings. The first-order valence-corrected chi connectivity index (χ1v) is 7.43. The molecule has 1 N–H and O–H groups in total. The lowest BCUT2D eigenvalue weighted by Gasteiger charge is -2.35. The molecule has 2 atom stereocenters. The van der Waals surface area contributed by atoms with E-state index in [0.717, 1.165) is 31.6 Å². The van der Waals surface area contributed by atoms with Crippen LogP contribution in [0.2, 0.25) is 0 Å². The summed E-state index contributed by atoms with van der Waals surface area (Å²) in [7, 11) is 0. The van der Waals surface area contributed by atoms with E-state index >= 15 is 0 Å². The average Bonchev–Trinajstić information content (AvgIpc) is 2.43. The fourth-order valence-electron chi connectivity index (χ4n) is 3.06. The van der Waals surface area contributed by atoms with E-state index in [-0.39, 0.29) is 22.6 Å². The first-order chi connectivity index (χ1) is 9.93. The Morgan fingerprint density at radius 3 is 2.86 bits per heavy atom. The third-order valence-electron chi connectivity index (χ3n) is 4.43. The highest BCUT2D eigenvalue weighted by Gasteiger charge is 2.27. The van der Waals surface area contributed by atoms with Gasteiger partial charge in [0.1, 0.15) is 0 Å². The molecule has 0 aliphatic carbocycles. The van der Waals surface area contributed by atoms with Crippen molar-refractivity contribution in [1.29, 1.82) is 0 Å². The number of aliphatic hydroxyl groups is 1. The van der Waals surface area contributed by atoms with Crippen LogP contribution in [0.4, 0.5) is 5.69 Å². The number of likely N-dealkylation sites (tertiary alicyclic amines) is 1. The second kappa shape index (κ2) is 6.49. The van der Waals surface area contributed by atoms with Gasteiger partial charge in [0.25, 0.3) is 5.69 Å². The van der Waals surface area contributed by atoms with E-state index in [1.165, 1.54) is 0 Å². The molecule has 1 saturated heterocycles. The molecule has 2 rings (SSSR count). The van der Waals surface area contributed by atoms with Crippen molar-refractivity contribution in [1.82, 2.24) is 9.88 Å². The maximum absolute atomic E-state index is 11.2. The van der Waals surface area contributed by atoms with Crippen LogP contribution in [-0.4, -0.2) is 39.1 Å². The van der Waals surface area contributed by atoms with Gasteiger partial charge in [-0.2, -0.15) is 0 Å². The first kappa shape index (κ1) is 15.9. The minimum absolute atomic E-state index is 0.170. The fraction of sp³-hybridized carbons (Fsp3) is 0.667. The van der Waals surface area contributed by atoms with Crippen LogP contribution >= 0.6 is 0 Å². The Bertz CT molecular complexity index is 533. The number of hydrogen-bond donors (Lipinski definition) is 1. The van der Waals surface area contributed by atoms with Crippen LogP contribution in [0.15, 0.2) is 6.20 Å². The summed E-state index contributed by atoms with van der Waals surface area (Å²) >= 11 is 0. The van der Waals surface area contributed by atoms with Crippen molar-refractivity contribution < 1.29 is 10.0 Å². The zero-order chi connectivity index (χ0) is 15.6. The molecule has 0 radical (unpaired) electrons. The van der Waals surface area contributed by atoms with Crippen molar-refractivity contribution >= 4 is 5.69 Å². The number of piperidine rings is 1. The topological polar surface area (TPSA) is 79.5 Å². The molecule has 116 valence electrons. The summed E-state index contributed by atoms with van der Waals surface area (Å²) in [5, 5.41) is 21.1. The molecule has 0 bridgehead atoms. The Labute approximate surface area is 125 Å². The largest absolute Gasteiger partial charge is 0.393 e. The van der Waals surface area contributed by atoms with Gasteiger partial charge in [0, 0.05) is 37.0 Å². The number of nitro groups is 1. The van der Waals surface area contributed by atoms with Crippen LogP contribution < -0.4 is 0 Å².